The summed E-state index contributed by atoms with van der Waals surface area (Å²) >= 11 is 0. The summed E-state index contributed by atoms with van der Waals surface area (Å²) in [4.78, 5) is 12.5. The van der Waals surface area contributed by atoms with Gasteiger partial charge in [0.1, 0.15) is 5.75 Å². The van der Waals surface area contributed by atoms with Crippen LogP contribution in [0.3, 0.4) is 0 Å². The molecule has 0 N–H and O–H groups in total. The maximum atomic E-state index is 12.5. The van der Waals surface area contributed by atoms with Gasteiger partial charge >= 0.3 is 5.97 Å². The average Bonchev–Trinajstić information content (AvgIpc) is 3.20. The first kappa shape index (κ1) is 17.3. The first-order chi connectivity index (χ1) is 13.3. The molecule has 4 rings (SSSR count). The molecule has 3 aromatic rings. The fraction of sp³-hybridized carbons (Fsp3) is 0.208. The van der Waals surface area contributed by atoms with E-state index in [9.17, 15) is 4.79 Å². The molecule has 0 fully saturated rings. The van der Waals surface area contributed by atoms with Crippen LogP contribution in [-0.4, -0.2) is 12.6 Å². The van der Waals surface area contributed by atoms with E-state index in [0.29, 0.717) is 0 Å². The van der Waals surface area contributed by atoms with Gasteiger partial charge < -0.3 is 9.47 Å². The number of ether oxygens (including phenoxy) is 2. The number of benzene rings is 3. The summed E-state index contributed by atoms with van der Waals surface area (Å²) in [7, 11) is 0. The highest BCUT2D eigenvalue weighted by molar-refractivity contribution is 5.72. The van der Waals surface area contributed by atoms with Crippen LogP contribution in [0.5, 0.6) is 5.75 Å². The van der Waals surface area contributed by atoms with Crippen LogP contribution in [0.25, 0.3) is 0 Å². The topological polar surface area (TPSA) is 35.5 Å². The van der Waals surface area contributed by atoms with Gasteiger partial charge in [0.25, 0.3) is 0 Å². The van der Waals surface area contributed by atoms with Crippen LogP contribution in [-0.2, 0) is 22.4 Å². The van der Waals surface area contributed by atoms with Crippen LogP contribution >= 0.6 is 0 Å². The van der Waals surface area contributed by atoms with Gasteiger partial charge in [-0.1, -0.05) is 66.7 Å². The minimum Gasteiger partial charge on any atom is -0.482 e. The van der Waals surface area contributed by atoms with Crippen molar-refractivity contribution in [2.45, 2.75) is 25.4 Å². The van der Waals surface area contributed by atoms with E-state index in [1.807, 2.05) is 72.8 Å². The second kappa shape index (κ2) is 8.09. The Bertz CT molecular complexity index is 864. The van der Waals surface area contributed by atoms with Crippen molar-refractivity contribution in [3.63, 3.8) is 0 Å². The number of hydrogen-bond acceptors (Lipinski definition) is 3. The van der Waals surface area contributed by atoms with Crippen molar-refractivity contribution < 1.29 is 14.3 Å². The molecule has 0 aliphatic heterocycles. The number of fused-ring (bicyclic) bond motifs is 1. The lowest BCUT2D eigenvalue weighted by atomic mass is 10.0. The van der Waals surface area contributed by atoms with E-state index in [1.54, 1.807) is 0 Å². The first-order valence-corrected chi connectivity index (χ1v) is 9.33. The maximum Gasteiger partial charge on any atom is 0.345 e. The Hall–Kier alpha value is -3.07. The quantitative estimate of drug-likeness (QED) is 0.589. The number of hydrogen-bond donors (Lipinski definition) is 0. The van der Waals surface area contributed by atoms with E-state index in [2.05, 4.69) is 6.07 Å². The van der Waals surface area contributed by atoms with Crippen LogP contribution < -0.4 is 4.74 Å². The van der Waals surface area contributed by atoms with Crippen molar-refractivity contribution in [1.29, 1.82) is 0 Å². The lowest BCUT2D eigenvalue weighted by Gasteiger charge is -2.19. The zero-order valence-electron chi connectivity index (χ0n) is 15.1. The lowest BCUT2D eigenvalue weighted by molar-refractivity contribution is -0.149. The molecule has 27 heavy (non-hydrogen) atoms. The van der Waals surface area contributed by atoms with E-state index >= 15 is 0 Å². The molecule has 136 valence electrons. The second-order valence-electron chi connectivity index (χ2n) is 6.76. The SMILES string of the molecule is O=C(COc1ccc2c(c1)CCC2)OC(c1ccccc1)c1ccccc1. The monoisotopic (exact) mass is 358 g/mol. The molecule has 0 spiro atoms. The van der Waals surface area contributed by atoms with E-state index < -0.39 is 6.10 Å². The van der Waals surface area contributed by atoms with Gasteiger partial charge in [0, 0.05) is 0 Å². The highest BCUT2D eigenvalue weighted by Crippen LogP contribution is 2.27. The molecule has 3 aromatic carbocycles. The molecule has 0 radical (unpaired) electrons. The molecule has 0 heterocycles. The average molecular weight is 358 g/mol. The predicted molar refractivity (Wildman–Crippen MR) is 105 cm³/mol. The molecule has 1 aliphatic rings. The second-order valence-corrected chi connectivity index (χ2v) is 6.76. The van der Waals surface area contributed by atoms with Crippen LogP contribution in [0.1, 0.15) is 34.8 Å². The van der Waals surface area contributed by atoms with Gasteiger partial charge in [-0.05, 0) is 53.6 Å². The summed E-state index contributed by atoms with van der Waals surface area (Å²) < 4.78 is 11.5. The van der Waals surface area contributed by atoms with Crippen molar-refractivity contribution in [3.05, 3.63) is 101 Å². The van der Waals surface area contributed by atoms with Gasteiger partial charge in [-0.2, -0.15) is 0 Å². The summed E-state index contributed by atoms with van der Waals surface area (Å²) in [5, 5.41) is 0. The summed E-state index contributed by atoms with van der Waals surface area (Å²) in [5.41, 5.74) is 4.59. The van der Waals surface area contributed by atoms with Crippen LogP contribution in [0.15, 0.2) is 78.9 Å². The zero-order valence-corrected chi connectivity index (χ0v) is 15.1. The smallest absolute Gasteiger partial charge is 0.345 e. The standard InChI is InChI=1S/C24H22O3/c25-23(17-26-22-15-14-18-12-7-13-21(18)16-22)27-24(19-8-3-1-4-9-19)20-10-5-2-6-11-20/h1-6,8-11,14-16,24H,7,12-13,17H2. The van der Waals surface area contributed by atoms with E-state index in [0.717, 1.165) is 29.7 Å². The van der Waals surface area contributed by atoms with E-state index in [4.69, 9.17) is 9.47 Å². The zero-order chi connectivity index (χ0) is 18.5. The van der Waals surface area contributed by atoms with Gasteiger partial charge in [0.15, 0.2) is 12.7 Å². The lowest BCUT2D eigenvalue weighted by Crippen LogP contribution is -2.19. The highest BCUT2D eigenvalue weighted by Gasteiger charge is 2.19. The Kier molecular flexibility index (Phi) is 5.20. The Labute approximate surface area is 159 Å². The van der Waals surface area contributed by atoms with Gasteiger partial charge in [0.05, 0.1) is 0 Å². The van der Waals surface area contributed by atoms with E-state index in [-0.39, 0.29) is 12.6 Å². The third-order valence-electron chi connectivity index (χ3n) is 4.88. The molecule has 0 bridgehead atoms. The molecule has 3 nitrogen and oxygen atoms in total. The molecular formula is C24H22O3. The van der Waals surface area contributed by atoms with Crippen LogP contribution in [0.4, 0.5) is 0 Å². The van der Waals surface area contributed by atoms with Gasteiger partial charge in [0.2, 0.25) is 0 Å². The summed E-state index contributed by atoms with van der Waals surface area (Å²) in [6.07, 6.45) is 2.97. The first-order valence-electron chi connectivity index (χ1n) is 9.33. The number of rotatable bonds is 6. The minimum absolute atomic E-state index is 0.102. The molecule has 0 saturated heterocycles. The predicted octanol–water partition coefficient (Wildman–Crippen LogP) is 4.89. The largest absolute Gasteiger partial charge is 0.482 e. The molecule has 0 atom stereocenters. The van der Waals surface area contributed by atoms with Crippen molar-refractivity contribution >= 4 is 5.97 Å². The maximum absolute atomic E-state index is 12.5. The van der Waals surface area contributed by atoms with Gasteiger partial charge in [-0.25, -0.2) is 4.79 Å². The molecule has 0 unspecified atom stereocenters. The van der Waals surface area contributed by atoms with Gasteiger partial charge in [-0.15, -0.1) is 0 Å². The third-order valence-corrected chi connectivity index (χ3v) is 4.88. The highest BCUT2D eigenvalue weighted by atomic mass is 16.6. The van der Waals surface area contributed by atoms with Crippen molar-refractivity contribution in [1.82, 2.24) is 0 Å². The Balaban J connectivity index is 1.44. The molecule has 0 saturated carbocycles. The number of esters is 1. The van der Waals surface area contributed by atoms with Gasteiger partial charge in [-0.3, -0.25) is 0 Å². The Morgan fingerprint density at radius 1 is 0.815 bits per heavy atom. The molecular weight excluding hydrogens is 336 g/mol. The minimum atomic E-state index is -0.441. The summed E-state index contributed by atoms with van der Waals surface area (Å²) in [6, 6.07) is 25.6. The summed E-state index contributed by atoms with van der Waals surface area (Å²) in [6.45, 7) is -0.102. The Morgan fingerprint density at radius 2 is 1.44 bits per heavy atom. The van der Waals surface area contributed by atoms with Crippen LogP contribution in [0, 0.1) is 0 Å². The molecule has 0 amide bonds. The molecule has 3 heteroatoms. The van der Waals surface area contributed by atoms with Crippen LogP contribution in [0.2, 0.25) is 0 Å². The van der Waals surface area contributed by atoms with E-state index in [1.165, 1.54) is 17.5 Å². The third kappa shape index (κ3) is 4.20. The fourth-order valence-electron chi connectivity index (χ4n) is 3.53. The normalized spacial score (nSPS) is 12.6. The Morgan fingerprint density at radius 3 is 2.11 bits per heavy atom. The molecule has 0 aromatic heterocycles. The number of carbonyl (C=O) groups is 1. The van der Waals surface area contributed by atoms with Crippen molar-refractivity contribution in [2.75, 3.05) is 6.61 Å². The van der Waals surface area contributed by atoms with Crippen molar-refractivity contribution in [3.8, 4) is 5.75 Å². The molecule has 1 aliphatic carbocycles. The number of carbonyl (C=O) groups excluding carboxylic acids is 1. The summed E-state index contributed by atoms with van der Waals surface area (Å²) in [5.74, 6) is 0.344. The fourth-order valence-corrected chi connectivity index (χ4v) is 3.53. The number of aryl methyl sites for hydroxylation is 2. The van der Waals surface area contributed by atoms with Crippen molar-refractivity contribution in [2.24, 2.45) is 0 Å².